The number of aliphatic hydroxyl groups is 1. The number of aliphatic hydroxyl groups excluding tert-OH is 1. The summed E-state index contributed by atoms with van der Waals surface area (Å²) in [7, 11) is 0. The number of aliphatic carboxylic acids is 1. The Hall–Kier alpha value is -0.900. The Bertz CT molecular complexity index is 320. The van der Waals surface area contributed by atoms with Gasteiger partial charge in [0.2, 0.25) is 0 Å². The van der Waals surface area contributed by atoms with Gasteiger partial charge in [0.15, 0.2) is 5.78 Å². The van der Waals surface area contributed by atoms with E-state index in [1.54, 1.807) is 0 Å². The number of carboxylic acids is 1. The normalized spacial score (nSPS) is 17.7. The summed E-state index contributed by atoms with van der Waals surface area (Å²) in [5.41, 5.74) is -0.352. The lowest BCUT2D eigenvalue weighted by Crippen LogP contribution is -2.34. The Morgan fingerprint density at radius 2 is 1.60 bits per heavy atom. The Morgan fingerprint density at radius 3 is 2.05 bits per heavy atom. The fourth-order valence-electron chi connectivity index (χ4n) is 3.11. The molecule has 0 bridgehead atoms. The first-order chi connectivity index (χ1) is 9.57. The molecule has 1 unspecified atom stereocenters. The Kier molecular flexibility index (Phi) is 7.20. The van der Waals surface area contributed by atoms with E-state index in [1.807, 2.05) is 0 Å². The highest BCUT2D eigenvalue weighted by atomic mass is 16.4. The van der Waals surface area contributed by atoms with Crippen LogP contribution in [0.1, 0.15) is 71.1 Å². The minimum atomic E-state index is -1.07. The molecule has 1 rings (SSSR count). The monoisotopic (exact) mass is 284 g/mol. The van der Waals surface area contributed by atoms with E-state index in [1.165, 1.54) is 32.1 Å². The van der Waals surface area contributed by atoms with Crippen LogP contribution in [0.3, 0.4) is 0 Å². The molecule has 4 heteroatoms. The smallest absolute Gasteiger partial charge is 0.314 e. The van der Waals surface area contributed by atoms with E-state index in [-0.39, 0.29) is 5.41 Å². The maximum atomic E-state index is 11.6. The molecule has 1 aliphatic rings. The number of rotatable bonds is 12. The highest BCUT2D eigenvalue weighted by Gasteiger charge is 2.54. The molecule has 0 aromatic heterocycles. The number of carbonyl (C=O) groups is 2. The molecule has 0 aromatic carbocycles. The van der Waals surface area contributed by atoms with Crippen LogP contribution in [0.25, 0.3) is 0 Å². The molecule has 0 aromatic rings. The van der Waals surface area contributed by atoms with Crippen LogP contribution >= 0.6 is 0 Å². The maximum absolute atomic E-state index is 11.6. The second-order valence-electron chi connectivity index (χ2n) is 6.13. The summed E-state index contributed by atoms with van der Waals surface area (Å²) in [5.74, 6) is -2.59. The highest BCUT2D eigenvalue weighted by Crippen LogP contribution is 2.56. The molecular weight excluding hydrogens is 256 g/mol. The third kappa shape index (κ3) is 4.89. The van der Waals surface area contributed by atoms with Gasteiger partial charge in [0.05, 0.1) is 0 Å². The van der Waals surface area contributed by atoms with Crippen molar-refractivity contribution in [3.8, 4) is 0 Å². The van der Waals surface area contributed by atoms with Crippen LogP contribution in [-0.2, 0) is 9.59 Å². The average Bonchev–Trinajstić information content (AvgIpc) is 3.18. The van der Waals surface area contributed by atoms with Gasteiger partial charge in [-0.3, -0.25) is 9.59 Å². The lowest BCUT2D eigenvalue weighted by atomic mass is 9.81. The van der Waals surface area contributed by atoms with Crippen LogP contribution in [0.15, 0.2) is 0 Å². The lowest BCUT2D eigenvalue weighted by molar-refractivity contribution is -0.150. The van der Waals surface area contributed by atoms with E-state index in [2.05, 4.69) is 6.92 Å². The third-order valence-electron chi connectivity index (χ3n) is 4.51. The van der Waals surface area contributed by atoms with Crippen molar-refractivity contribution in [2.45, 2.75) is 71.1 Å². The van der Waals surface area contributed by atoms with Gasteiger partial charge in [-0.25, -0.2) is 0 Å². The van der Waals surface area contributed by atoms with Gasteiger partial charge in [-0.1, -0.05) is 51.9 Å². The largest absolute Gasteiger partial charge is 0.481 e. The number of ketones is 1. The van der Waals surface area contributed by atoms with Gasteiger partial charge in [0.1, 0.15) is 12.5 Å². The van der Waals surface area contributed by atoms with Gasteiger partial charge in [-0.15, -0.1) is 0 Å². The van der Waals surface area contributed by atoms with Crippen molar-refractivity contribution < 1.29 is 19.8 Å². The molecule has 0 heterocycles. The topological polar surface area (TPSA) is 74.6 Å². The quantitative estimate of drug-likeness (QED) is 0.426. The minimum absolute atomic E-state index is 0.352. The number of carbonyl (C=O) groups excluding carboxylic acids is 1. The first-order valence-electron chi connectivity index (χ1n) is 7.94. The van der Waals surface area contributed by atoms with Gasteiger partial charge in [0, 0.05) is 0 Å². The highest BCUT2D eigenvalue weighted by molar-refractivity contribution is 6.00. The summed E-state index contributed by atoms with van der Waals surface area (Å²) < 4.78 is 0. The molecule has 2 N–H and O–H groups in total. The Labute approximate surface area is 121 Å². The molecule has 4 nitrogen and oxygen atoms in total. The first-order valence-corrected chi connectivity index (χ1v) is 7.94. The molecular formula is C16H28O4. The van der Waals surface area contributed by atoms with E-state index in [9.17, 15) is 14.7 Å². The lowest BCUT2D eigenvalue weighted by Gasteiger charge is -2.21. The Morgan fingerprint density at radius 1 is 1.05 bits per heavy atom. The minimum Gasteiger partial charge on any atom is -0.481 e. The number of Topliss-reactive ketones (excluding diaryl/α,β-unsaturated/α-hetero) is 1. The van der Waals surface area contributed by atoms with Crippen molar-refractivity contribution in [2.24, 2.45) is 11.3 Å². The molecule has 116 valence electrons. The Balaban J connectivity index is 2.30. The molecule has 1 saturated carbocycles. The fraction of sp³-hybridized carbons (Fsp3) is 0.875. The van der Waals surface area contributed by atoms with Crippen LogP contribution < -0.4 is 0 Å². The number of hydrogen-bond donors (Lipinski definition) is 2. The molecule has 0 saturated heterocycles. The van der Waals surface area contributed by atoms with Crippen molar-refractivity contribution in [3.63, 3.8) is 0 Å². The number of carboxylic acid groups (broad SMARTS) is 1. The zero-order chi connectivity index (χ0) is 15.0. The molecule has 0 aliphatic heterocycles. The second kappa shape index (κ2) is 8.40. The van der Waals surface area contributed by atoms with E-state index < -0.39 is 24.3 Å². The van der Waals surface area contributed by atoms with Crippen LogP contribution in [0, 0.1) is 11.3 Å². The van der Waals surface area contributed by atoms with Crippen molar-refractivity contribution in [3.05, 3.63) is 0 Å². The average molecular weight is 284 g/mol. The van der Waals surface area contributed by atoms with E-state index >= 15 is 0 Å². The summed E-state index contributed by atoms with van der Waals surface area (Å²) in [5, 5.41) is 18.1. The standard InChI is InChI=1S/C16H28O4/c1-2-3-4-5-6-7-8-9-16(10-11-16)14(15(19)20)13(18)12-17/h14,17H,2-12H2,1H3,(H,19,20). The second-order valence-corrected chi connectivity index (χ2v) is 6.13. The van der Waals surface area contributed by atoms with Crippen molar-refractivity contribution >= 4 is 11.8 Å². The summed E-state index contributed by atoms with van der Waals surface area (Å²) in [6.45, 7) is 1.54. The van der Waals surface area contributed by atoms with E-state index in [0.717, 1.165) is 32.1 Å². The first kappa shape index (κ1) is 17.2. The molecule has 1 fully saturated rings. The zero-order valence-corrected chi connectivity index (χ0v) is 12.6. The van der Waals surface area contributed by atoms with Crippen LogP contribution in [0.5, 0.6) is 0 Å². The van der Waals surface area contributed by atoms with Crippen LogP contribution in [0.2, 0.25) is 0 Å². The zero-order valence-electron chi connectivity index (χ0n) is 12.6. The molecule has 20 heavy (non-hydrogen) atoms. The predicted molar refractivity (Wildman–Crippen MR) is 77.5 cm³/mol. The molecule has 0 spiro atoms. The predicted octanol–water partition coefficient (Wildman–Crippen LogP) is 3.17. The third-order valence-corrected chi connectivity index (χ3v) is 4.51. The van der Waals surface area contributed by atoms with Crippen molar-refractivity contribution in [1.82, 2.24) is 0 Å². The van der Waals surface area contributed by atoms with Gasteiger partial charge in [-0.2, -0.15) is 0 Å². The van der Waals surface area contributed by atoms with Crippen molar-refractivity contribution in [1.29, 1.82) is 0 Å². The van der Waals surface area contributed by atoms with Gasteiger partial charge >= 0.3 is 5.97 Å². The summed E-state index contributed by atoms with van der Waals surface area (Å²) >= 11 is 0. The molecule has 0 amide bonds. The van der Waals surface area contributed by atoms with Gasteiger partial charge in [0.25, 0.3) is 0 Å². The van der Waals surface area contributed by atoms with E-state index in [4.69, 9.17) is 5.11 Å². The molecule has 1 atom stereocenters. The van der Waals surface area contributed by atoms with Crippen LogP contribution in [-0.4, -0.2) is 28.6 Å². The van der Waals surface area contributed by atoms with Crippen molar-refractivity contribution in [2.75, 3.05) is 6.61 Å². The number of unbranched alkanes of at least 4 members (excludes halogenated alkanes) is 6. The summed E-state index contributed by atoms with van der Waals surface area (Å²) in [4.78, 5) is 22.9. The molecule has 1 aliphatic carbocycles. The van der Waals surface area contributed by atoms with Gasteiger partial charge in [-0.05, 0) is 24.7 Å². The van der Waals surface area contributed by atoms with Crippen LogP contribution in [0.4, 0.5) is 0 Å². The molecule has 0 radical (unpaired) electrons. The van der Waals surface area contributed by atoms with E-state index in [0.29, 0.717) is 0 Å². The fourth-order valence-corrected chi connectivity index (χ4v) is 3.11. The van der Waals surface area contributed by atoms with Gasteiger partial charge < -0.3 is 10.2 Å². The number of hydrogen-bond acceptors (Lipinski definition) is 3. The maximum Gasteiger partial charge on any atom is 0.314 e. The summed E-state index contributed by atoms with van der Waals surface area (Å²) in [6, 6.07) is 0. The summed E-state index contributed by atoms with van der Waals surface area (Å²) in [6.07, 6.45) is 10.8. The SMILES string of the molecule is CCCCCCCCCC1(C(C(=O)O)C(=O)CO)CC1.